The molecule has 0 aliphatic carbocycles. The van der Waals surface area contributed by atoms with E-state index in [1.54, 1.807) is 0 Å². The third-order valence-electron chi connectivity index (χ3n) is 3.26. The summed E-state index contributed by atoms with van der Waals surface area (Å²) in [5.41, 5.74) is 5.12. The zero-order valence-electron chi connectivity index (χ0n) is 12.3. The molecule has 1 N–H and O–H groups in total. The van der Waals surface area contributed by atoms with Crippen LogP contribution in [0.4, 0.5) is 0 Å². The van der Waals surface area contributed by atoms with E-state index >= 15 is 0 Å². The van der Waals surface area contributed by atoms with Gasteiger partial charge in [0.1, 0.15) is 5.76 Å². The van der Waals surface area contributed by atoms with Crippen molar-refractivity contribution >= 4 is 0 Å². The van der Waals surface area contributed by atoms with Gasteiger partial charge in [0.05, 0.1) is 12.3 Å². The predicted molar refractivity (Wildman–Crippen MR) is 79.5 cm³/mol. The summed E-state index contributed by atoms with van der Waals surface area (Å²) in [6.45, 7) is 9.47. The first-order chi connectivity index (χ1) is 9.10. The van der Waals surface area contributed by atoms with Crippen molar-refractivity contribution in [1.29, 1.82) is 0 Å². The van der Waals surface area contributed by atoms with E-state index in [1.807, 2.05) is 13.2 Å². The van der Waals surface area contributed by atoms with Gasteiger partial charge in [-0.2, -0.15) is 0 Å². The van der Waals surface area contributed by atoms with E-state index in [-0.39, 0.29) is 6.04 Å². The van der Waals surface area contributed by atoms with Crippen molar-refractivity contribution in [3.63, 3.8) is 0 Å². The lowest BCUT2D eigenvalue weighted by Crippen LogP contribution is -2.23. The highest BCUT2D eigenvalue weighted by molar-refractivity contribution is 5.36. The number of rotatable bonds is 5. The maximum absolute atomic E-state index is 5.47. The first kappa shape index (κ1) is 13.9. The zero-order chi connectivity index (χ0) is 13.8. The molecule has 0 bridgehead atoms. The largest absolute Gasteiger partial charge is 0.469 e. The van der Waals surface area contributed by atoms with Crippen LogP contribution in [-0.2, 0) is 0 Å². The van der Waals surface area contributed by atoms with Crippen molar-refractivity contribution < 1.29 is 4.42 Å². The maximum Gasteiger partial charge on any atom is 0.101 e. The molecule has 2 aromatic rings. The van der Waals surface area contributed by atoms with Gasteiger partial charge in [-0.3, -0.25) is 0 Å². The summed E-state index contributed by atoms with van der Waals surface area (Å²) in [6, 6.07) is 9.05. The van der Waals surface area contributed by atoms with Gasteiger partial charge in [0.25, 0.3) is 0 Å². The third-order valence-corrected chi connectivity index (χ3v) is 3.26. The normalized spacial score (nSPS) is 12.6. The van der Waals surface area contributed by atoms with Gasteiger partial charge in [-0.1, -0.05) is 36.2 Å². The van der Waals surface area contributed by atoms with Crippen LogP contribution in [0, 0.1) is 20.8 Å². The molecule has 19 heavy (non-hydrogen) atoms. The molecule has 2 heteroatoms. The Bertz CT molecular complexity index is 522. The smallest absolute Gasteiger partial charge is 0.101 e. The fourth-order valence-electron chi connectivity index (χ4n) is 2.51. The molecule has 0 fully saturated rings. The molecule has 102 valence electrons. The molecule has 0 spiro atoms. The second kappa shape index (κ2) is 6.07. The fourth-order valence-corrected chi connectivity index (χ4v) is 2.51. The number of nitrogens with one attached hydrogen (secondary N) is 1. The Morgan fingerprint density at radius 2 is 1.68 bits per heavy atom. The van der Waals surface area contributed by atoms with Crippen LogP contribution in [0.3, 0.4) is 0 Å². The molecule has 1 unspecified atom stereocenters. The highest BCUT2D eigenvalue weighted by Gasteiger charge is 2.15. The Labute approximate surface area is 115 Å². The summed E-state index contributed by atoms with van der Waals surface area (Å²) in [5, 5.41) is 3.61. The van der Waals surface area contributed by atoms with Crippen LogP contribution >= 0.6 is 0 Å². The molecule has 0 radical (unpaired) electrons. The molecule has 1 aromatic heterocycles. The van der Waals surface area contributed by atoms with Crippen LogP contribution in [-0.4, -0.2) is 6.54 Å². The lowest BCUT2D eigenvalue weighted by molar-refractivity contribution is 0.523. The van der Waals surface area contributed by atoms with E-state index in [2.05, 4.69) is 50.4 Å². The summed E-state index contributed by atoms with van der Waals surface area (Å²) in [4.78, 5) is 0. The average molecular weight is 257 g/mol. The standard InChI is InChI=1S/C17H23NO/c1-5-6-18-17(16-10-14(4)19-11-16)15-8-12(2)7-13(3)9-15/h7-11,17-18H,5-6H2,1-4H3. The highest BCUT2D eigenvalue weighted by atomic mass is 16.3. The van der Waals surface area contributed by atoms with Crippen LogP contribution in [0.25, 0.3) is 0 Å². The summed E-state index contributed by atoms with van der Waals surface area (Å²) < 4.78 is 5.47. The van der Waals surface area contributed by atoms with Gasteiger partial charge in [-0.15, -0.1) is 0 Å². The van der Waals surface area contributed by atoms with Crippen LogP contribution < -0.4 is 5.32 Å². The fraction of sp³-hybridized carbons (Fsp3) is 0.412. The maximum atomic E-state index is 5.47. The molecule has 0 saturated heterocycles. The lowest BCUT2D eigenvalue weighted by Gasteiger charge is -2.19. The van der Waals surface area contributed by atoms with E-state index < -0.39 is 0 Å². The molecular formula is C17H23NO. The SMILES string of the molecule is CCCNC(c1cc(C)cc(C)c1)c1coc(C)c1. The third kappa shape index (κ3) is 3.48. The zero-order valence-corrected chi connectivity index (χ0v) is 12.3. The monoisotopic (exact) mass is 257 g/mol. The predicted octanol–water partition coefficient (Wildman–Crippen LogP) is 4.29. The minimum Gasteiger partial charge on any atom is -0.469 e. The molecule has 2 nitrogen and oxygen atoms in total. The van der Waals surface area contributed by atoms with E-state index in [4.69, 9.17) is 4.42 Å². The molecule has 1 atom stereocenters. The first-order valence-corrected chi connectivity index (χ1v) is 6.96. The Morgan fingerprint density at radius 3 is 2.21 bits per heavy atom. The highest BCUT2D eigenvalue weighted by Crippen LogP contribution is 2.25. The molecule has 2 rings (SSSR count). The van der Waals surface area contributed by atoms with Crippen LogP contribution in [0.15, 0.2) is 34.9 Å². The Morgan fingerprint density at radius 1 is 1.00 bits per heavy atom. The minimum atomic E-state index is 0.219. The van der Waals surface area contributed by atoms with Crippen molar-refractivity contribution in [2.45, 2.75) is 40.2 Å². The molecule has 0 amide bonds. The summed E-state index contributed by atoms with van der Waals surface area (Å²) in [6.07, 6.45) is 2.98. The van der Waals surface area contributed by atoms with Crippen molar-refractivity contribution in [3.8, 4) is 0 Å². The number of aryl methyl sites for hydroxylation is 3. The topological polar surface area (TPSA) is 25.2 Å². The Balaban J connectivity index is 2.36. The summed E-state index contributed by atoms with van der Waals surface area (Å²) in [5.74, 6) is 0.961. The van der Waals surface area contributed by atoms with E-state index in [0.29, 0.717) is 0 Å². The first-order valence-electron chi connectivity index (χ1n) is 6.96. The minimum absolute atomic E-state index is 0.219. The molecule has 0 saturated carbocycles. The van der Waals surface area contributed by atoms with Gasteiger partial charge in [0.15, 0.2) is 0 Å². The van der Waals surface area contributed by atoms with Crippen LogP contribution in [0.5, 0.6) is 0 Å². The second-order valence-corrected chi connectivity index (χ2v) is 5.30. The van der Waals surface area contributed by atoms with Crippen molar-refractivity contribution in [1.82, 2.24) is 5.32 Å². The summed E-state index contributed by atoms with van der Waals surface area (Å²) in [7, 11) is 0. The number of hydrogen-bond acceptors (Lipinski definition) is 2. The quantitative estimate of drug-likeness (QED) is 0.864. The second-order valence-electron chi connectivity index (χ2n) is 5.30. The van der Waals surface area contributed by atoms with Crippen molar-refractivity contribution in [3.05, 3.63) is 58.5 Å². The van der Waals surface area contributed by atoms with Crippen LogP contribution in [0.1, 0.15) is 47.4 Å². The van der Waals surface area contributed by atoms with E-state index in [1.165, 1.54) is 22.3 Å². The van der Waals surface area contributed by atoms with Gasteiger partial charge in [-0.05, 0) is 45.4 Å². The Hall–Kier alpha value is -1.54. The van der Waals surface area contributed by atoms with Gasteiger partial charge in [0, 0.05) is 5.56 Å². The van der Waals surface area contributed by atoms with Gasteiger partial charge in [-0.25, -0.2) is 0 Å². The molecule has 0 aliphatic heterocycles. The number of benzene rings is 1. The lowest BCUT2D eigenvalue weighted by atomic mass is 9.97. The van der Waals surface area contributed by atoms with E-state index in [0.717, 1.165) is 18.7 Å². The number of hydrogen-bond donors (Lipinski definition) is 1. The van der Waals surface area contributed by atoms with Crippen molar-refractivity contribution in [2.24, 2.45) is 0 Å². The van der Waals surface area contributed by atoms with Gasteiger partial charge in [0.2, 0.25) is 0 Å². The van der Waals surface area contributed by atoms with Crippen LogP contribution in [0.2, 0.25) is 0 Å². The van der Waals surface area contributed by atoms with Gasteiger partial charge >= 0.3 is 0 Å². The van der Waals surface area contributed by atoms with Crippen molar-refractivity contribution in [2.75, 3.05) is 6.54 Å². The average Bonchev–Trinajstić information content (AvgIpc) is 2.75. The molecule has 1 aromatic carbocycles. The number of furan rings is 1. The summed E-state index contributed by atoms with van der Waals surface area (Å²) >= 11 is 0. The molecule has 0 aliphatic rings. The molecule has 1 heterocycles. The van der Waals surface area contributed by atoms with E-state index in [9.17, 15) is 0 Å². The van der Waals surface area contributed by atoms with Gasteiger partial charge < -0.3 is 9.73 Å². The Kier molecular flexibility index (Phi) is 4.43. The molecular weight excluding hydrogens is 234 g/mol.